The van der Waals surface area contributed by atoms with E-state index < -0.39 is 0 Å². The minimum Gasteiger partial charge on any atom is -0.0836 e. The van der Waals surface area contributed by atoms with Crippen LogP contribution in [0.15, 0.2) is 24.3 Å². The van der Waals surface area contributed by atoms with E-state index in [1.165, 1.54) is 38.9 Å². The van der Waals surface area contributed by atoms with Crippen LogP contribution in [0.3, 0.4) is 0 Å². The summed E-state index contributed by atoms with van der Waals surface area (Å²) in [7, 11) is 0. The second kappa shape index (κ2) is 6.01. The minimum absolute atomic E-state index is 0.864. The molecule has 20 heavy (non-hydrogen) atoms. The molecule has 0 unspecified atom stereocenters. The van der Waals surface area contributed by atoms with Gasteiger partial charge in [-0.25, -0.2) is 0 Å². The normalized spacial score (nSPS) is 10.9. The van der Waals surface area contributed by atoms with Crippen LogP contribution in [0.5, 0.6) is 0 Å². The average molecular weight is 287 g/mol. The van der Waals surface area contributed by atoms with Crippen molar-refractivity contribution in [3.05, 3.63) is 57.1 Å². The first-order chi connectivity index (χ1) is 9.49. The molecule has 2 aromatic rings. The van der Waals surface area contributed by atoms with Gasteiger partial charge in [0.1, 0.15) is 0 Å². The third kappa shape index (κ3) is 2.62. The molecule has 0 nitrogen and oxygen atoms in total. The van der Waals surface area contributed by atoms with Crippen LogP contribution in [0.2, 0.25) is 5.02 Å². The van der Waals surface area contributed by atoms with Crippen molar-refractivity contribution in [2.45, 2.75) is 47.5 Å². The lowest BCUT2D eigenvalue weighted by atomic mass is 9.88. The summed E-state index contributed by atoms with van der Waals surface area (Å²) in [4.78, 5) is 0. The molecular weight excluding hydrogens is 264 g/mol. The van der Waals surface area contributed by atoms with Crippen LogP contribution in [0.4, 0.5) is 0 Å². The van der Waals surface area contributed by atoms with Gasteiger partial charge in [-0.1, -0.05) is 43.6 Å². The van der Waals surface area contributed by atoms with Crippen molar-refractivity contribution in [3.63, 3.8) is 0 Å². The van der Waals surface area contributed by atoms with Crippen LogP contribution in [0, 0.1) is 20.8 Å². The van der Waals surface area contributed by atoms with E-state index in [0.717, 1.165) is 17.9 Å². The Morgan fingerprint density at radius 3 is 2.05 bits per heavy atom. The summed E-state index contributed by atoms with van der Waals surface area (Å²) < 4.78 is 0. The number of hydrogen-bond donors (Lipinski definition) is 0. The van der Waals surface area contributed by atoms with Crippen LogP contribution in [-0.4, -0.2) is 0 Å². The van der Waals surface area contributed by atoms with Gasteiger partial charge in [0.2, 0.25) is 0 Å². The van der Waals surface area contributed by atoms with E-state index in [-0.39, 0.29) is 0 Å². The van der Waals surface area contributed by atoms with Gasteiger partial charge in [0.25, 0.3) is 0 Å². The molecule has 1 heteroatoms. The van der Waals surface area contributed by atoms with Gasteiger partial charge in [-0.15, -0.1) is 0 Å². The number of rotatable bonds is 3. The molecule has 0 saturated heterocycles. The first-order valence-electron chi connectivity index (χ1n) is 7.38. The predicted molar refractivity (Wildman–Crippen MR) is 89.9 cm³/mol. The highest BCUT2D eigenvalue weighted by Gasteiger charge is 2.14. The van der Waals surface area contributed by atoms with Gasteiger partial charge in [-0.3, -0.25) is 0 Å². The smallest absolute Gasteiger partial charge is 0.0489 e. The molecule has 0 aliphatic carbocycles. The molecule has 2 rings (SSSR count). The van der Waals surface area contributed by atoms with E-state index in [1.807, 2.05) is 0 Å². The van der Waals surface area contributed by atoms with Gasteiger partial charge in [-0.2, -0.15) is 0 Å². The monoisotopic (exact) mass is 286 g/mol. The fraction of sp³-hybridized carbons (Fsp3) is 0.368. The topological polar surface area (TPSA) is 0 Å². The molecule has 106 valence electrons. The lowest BCUT2D eigenvalue weighted by Gasteiger charge is -2.18. The van der Waals surface area contributed by atoms with E-state index >= 15 is 0 Å². The minimum atomic E-state index is 0.864. The van der Waals surface area contributed by atoms with E-state index in [0.29, 0.717) is 0 Å². The second-order valence-electron chi connectivity index (χ2n) is 5.53. The lowest BCUT2D eigenvalue weighted by molar-refractivity contribution is 1.02. The van der Waals surface area contributed by atoms with Crippen LogP contribution in [0.25, 0.3) is 11.1 Å². The van der Waals surface area contributed by atoms with Crippen LogP contribution < -0.4 is 0 Å². The highest BCUT2D eigenvalue weighted by Crippen LogP contribution is 2.36. The standard InChI is InChI=1S/C19H23Cl/c1-6-15-13(4)8-9-17(16(15)7-2)19-14(5)10-12(3)11-18(19)20/h8-11H,6-7H2,1-5H3. The van der Waals surface area contributed by atoms with Crippen LogP contribution in [0.1, 0.15) is 41.7 Å². The largest absolute Gasteiger partial charge is 0.0836 e. The number of benzene rings is 2. The summed E-state index contributed by atoms with van der Waals surface area (Å²) in [5, 5.41) is 0.864. The molecule has 0 aliphatic heterocycles. The van der Waals surface area contributed by atoms with Gasteiger partial charge in [0.05, 0.1) is 0 Å². The Kier molecular flexibility index (Phi) is 4.55. The maximum Gasteiger partial charge on any atom is 0.0489 e. The summed E-state index contributed by atoms with van der Waals surface area (Å²) in [6.45, 7) is 10.9. The summed E-state index contributed by atoms with van der Waals surface area (Å²) in [6.07, 6.45) is 2.12. The Morgan fingerprint density at radius 2 is 1.50 bits per heavy atom. The van der Waals surface area contributed by atoms with Crippen molar-refractivity contribution in [2.24, 2.45) is 0 Å². The lowest BCUT2D eigenvalue weighted by Crippen LogP contribution is -2.00. The molecule has 0 spiro atoms. The Morgan fingerprint density at radius 1 is 0.850 bits per heavy atom. The van der Waals surface area contributed by atoms with Crippen LogP contribution in [-0.2, 0) is 12.8 Å². The van der Waals surface area contributed by atoms with E-state index in [1.54, 1.807) is 0 Å². The third-order valence-corrected chi connectivity index (χ3v) is 4.37. The van der Waals surface area contributed by atoms with Gasteiger partial charge < -0.3 is 0 Å². The molecule has 0 N–H and O–H groups in total. The summed E-state index contributed by atoms with van der Waals surface area (Å²) in [5.74, 6) is 0. The van der Waals surface area contributed by atoms with E-state index in [2.05, 4.69) is 58.9 Å². The van der Waals surface area contributed by atoms with Crippen LogP contribution >= 0.6 is 11.6 Å². The Labute approximate surface area is 127 Å². The highest BCUT2D eigenvalue weighted by atomic mass is 35.5. The van der Waals surface area contributed by atoms with Crippen molar-refractivity contribution in [1.82, 2.24) is 0 Å². The number of hydrogen-bond acceptors (Lipinski definition) is 0. The molecule has 0 bridgehead atoms. The van der Waals surface area contributed by atoms with Gasteiger partial charge in [0, 0.05) is 10.6 Å². The maximum atomic E-state index is 6.53. The molecule has 0 radical (unpaired) electrons. The predicted octanol–water partition coefficient (Wildman–Crippen LogP) is 6.06. The van der Waals surface area contributed by atoms with Crippen molar-refractivity contribution in [3.8, 4) is 11.1 Å². The van der Waals surface area contributed by atoms with E-state index in [9.17, 15) is 0 Å². The molecule has 0 aromatic heterocycles. The van der Waals surface area contributed by atoms with Crippen molar-refractivity contribution >= 4 is 11.6 Å². The zero-order valence-electron chi connectivity index (χ0n) is 13.1. The van der Waals surface area contributed by atoms with Crippen molar-refractivity contribution in [2.75, 3.05) is 0 Å². The van der Waals surface area contributed by atoms with Gasteiger partial charge in [-0.05, 0) is 73.1 Å². The molecule has 0 heterocycles. The Hall–Kier alpha value is -1.27. The molecule has 0 amide bonds. The highest BCUT2D eigenvalue weighted by molar-refractivity contribution is 6.33. The molecule has 0 aliphatic rings. The number of halogens is 1. The quantitative estimate of drug-likeness (QED) is 0.643. The summed E-state index contributed by atoms with van der Waals surface area (Å²) in [5.41, 5.74) is 9.28. The second-order valence-corrected chi connectivity index (χ2v) is 5.94. The Balaban J connectivity index is 2.77. The fourth-order valence-electron chi connectivity index (χ4n) is 3.20. The molecule has 2 aromatic carbocycles. The molecular formula is C19H23Cl. The summed E-state index contributed by atoms with van der Waals surface area (Å²) >= 11 is 6.53. The fourth-order valence-corrected chi connectivity index (χ4v) is 3.62. The van der Waals surface area contributed by atoms with Gasteiger partial charge in [0.15, 0.2) is 0 Å². The molecule has 0 saturated carbocycles. The number of aryl methyl sites for hydroxylation is 3. The first-order valence-corrected chi connectivity index (χ1v) is 7.75. The van der Waals surface area contributed by atoms with Gasteiger partial charge >= 0.3 is 0 Å². The summed E-state index contributed by atoms with van der Waals surface area (Å²) in [6, 6.07) is 8.74. The van der Waals surface area contributed by atoms with E-state index in [4.69, 9.17) is 11.6 Å². The van der Waals surface area contributed by atoms with Crippen molar-refractivity contribution in [1.29, 1.82) is 0 Å². The SMILES string of the molecule is CCc1c(C)ccc(-c2c(C)cc(C)cc2Cl)c1CC. The zero-order chi connectivity index (χ0) is 14.9. The molecule has 0 atom stereocenters. The zero-order valence-corrected chi connectivity index (χ0v) is 13.9. The first kappa shape index (κ1) is 15.1. The Bertz CT molecular complexity index is 615. The maximum absolute atomic E-state index is 6.53. The van der Waals surface area contributed by atoms with Crippen molar-refractivity contribution < 1.29 is 0 Å². The average Bonchev–Trinajstić information content (AvgIpc) is 2.38. The molecule has 0 fully saturated rings. The third-order valence-electron chi connectivity index (χ3n) is 4.07.